The number of hydrogen-bond acceptors (Lipinski definition) is 2. The van der Waals surface area contributed by atoms with Crippen LogP contribution in [0.25, 0.3) is 0 Å². The van der Waals surface area contributed by atoms with Gasteiger partial charge in [0.25, 0.3) is 0 Å². The molecule has 0 spiro atoms. The van der Waals surface area contributed by atoms with Crippen molar-refractivity contribution in [2.45, 2.75) is 5.54 Å². The molecule has 0 radical (unpaired) electrons. The first-order chi connectivity index (χ1) is 15.8. The zero-order chi connectivity index (χ0) is 21.8. The average Bonchev–Trinajstić information content (AvgIpc) is 3.39. The van der Waals surface area contributed by atoms with Crippen LogP contribution in [0.4, 0.5) is 0 Å². The molecule has 0 atom stereocenters. The second kappa shape index (κ2) is 8.85. The minimum Gasteiger partial charge on any atom is -0.457 e. The van der Waals surface area contributed by atoms with Gasteiger partial charge in [0.2, 0.25) is 0 Å². The van der Waals surface area contributed by atoms with Gasteiger partial charge in [0.05, 0.1) is 6.33 Å². The molecule has 4 aromatic carbocycles. The zero-order valence-corrected chi connectivity index (χ0v) is 18.9. The van der Waals surface area contributed by atoms with Gasteiger partial charge in [-0.25, -0.2) is 4.98 Å². The number of imidazole rings is 1. The Hall–Kier alpha value is -3.63. The Bertz CT molecular complexity index is 1230. The van der Waals surface area contributed by atoms with Crippen LogP contribution in [0.1, 0.15) is 16.7 Å². The summed E-state index contributed by atoms with van der Waals surface area (Å²) in [6.07, 6.45) is 5.73. The third-order valence-electron chi connectivity index (χ3n) is 5.60. The molecule has 1 aromatic heterocycles. The lowest BCUT2D eigenvalue weighted by molar-refractivity contribution is 0.479. The van der Waals surface area contributed by atoms with Gasteiger partial charge in [-0.15, -0.1) is 0 Å². The second-order valence-electron chi connectivity index (χ2n) is 7.49. The van der Waals surface area contributed by atoms with Gasteiger partial charge in [0.15, 0.2) is 0 Å². The molecule has 0 bridgehead atoms. The topological polar surface area (TPSA) is 27.1 Å². The number of ether oxygens (including phenoxy) is 1. The van der Waals surface area contributed by atoms with Gasteiger partial charge in [0, 0.05) is 16.9 Å². The molecule has 0 aliphatic rings. The summed E-state index contributed by atoms with van der Waals surface area (Å²) in [7, 11) is 0. The number of aromatic nitrogens is 2. The van der Waals surface area contributed by atoms with Crippen molar-refractivity contribution in [1.29, 1.82) is 0 Å². The summed E-state index contributed by atoms with van der Waals surface area (Å²) in [5, 5.41) is 0. The van der Waals surface area contributed by atoms with E-state index in [9.17, 15) is 0 Å². The third-order valence-corrected chi connectivity index (χ3v) is 6.12. The highest BCUT2D eigenvalue weighted by molar-refractivity contribution is 9.10. The van der Waals surface area contributed by atoms with Crippen LogP contribution in [0, 0.1) is 0 Å². The van der Waals surface area contributed by atoms with E-state index in [1.807, 2.05) is 67.3 Å². The minimum atomic E-state index is -0.560. The monoisotopic (exact) mass is 480 g/mol. The van der Waals surface area contributed by atoms with Crippen molar-refractivity contribution in [1.82, 2.24) is 9.55 Å². The second-order valence-corrected chi connectivity index (χ2v) is 8.41. The van der Waals surface area contributed by atoms with Crippen LogP contribution in [0.5, 0.6) is 11.5 Å². The maximum absolute atomic E-state index is 6.06. The molecule has 4 heteroatoms. The SMILES string of the molecule is Brc1ccc(Oc2ccc(C(c3ccccc3)(c3ccccc3)n3ccnc3)cc2)cc1. The maximum atomic E-state index is 6.06. The molecule has 0 unspecified atom stereocenters. The van der Waals surface area contributed by atoms with E-state index in [2.05, 4.69) is 86.1 Å². The van der Waals surface area contributed by atoms with E-state index >= 15 is 0 Å². The van der Waals surface area contributed by atoms with Crippen molar-refractivity contribution in [2.24, 2.45) is 0 Å². The van der Waals surface area contributed by atoms with Crippen LogP contribution in [0.3, 0.4) is 0 Å². The van der Waals surface area contributed by atoms with E-state index in [1.165, 1.54) is 0 Å². The van der Waals surface area contributed by atoms with Crippen LogP contribution < -0.4 is 4.74 Å². The summed E-state index contributed by atoms with van der Waals surface area (Å²) in [6, 6.07) is 37.2. The molecule has 3 nitrogen and oxygen atoms in total. The lowest BCUT2D eigenvalue weighted by atomic mass is 9.76. The summed E-state index contributed by atoms with van der Waals surface area (Å²) in [5.74, 6) is 1.59. The molecule has 0 N–H and O–H groups in total. The Balaban J connectivity index is 1.65. The molecule has 5 rings (SSSR count). The number of hydrogen-bond donors (Lipinski definition) is 0. The molecule has 0 amide bonds. The predicted molar refractivity (Wildman–Crippen MR) is 131 cm³/mol. The molecule has 0 aliphatic carbocycles. The highest BCUT2D eigenvalue weighted by Gasteiger charge is 2.38. The predicted octanol–water partition coefficient (Wildman–Crippen LogP) is 7.28. The summed E-state index contributed by atoms with van der Waals surface area (Å²) in [4.78, 5) is 4.38. The Morgan fingerprint density at radius 2 is 1.12 bits per heavy atom. The first-order valence-electron chi connectivity index (χ1n) is 10.4. The fourth-order valence-electron chi connectivity index (χ4n) is 4.17. The van der Waals surface area contributed by atoms with Crippen LogP contribution >= 0.6 is 15.9 Å². The van der Waals surface area contributed by atoms with Gasteiger partial charge in [-0.05, 0) is 53.1 Å². The van der Waals surface area contributed by atoms with Crippen molar-refractivity contribution in [3.8, 4) is 11.5 Å². The molecule has 0 saturated heterocycles. The quantitative estimate of drug-likeness (QED) is 0.238. The summed E-state index contributed by atoms with van der Waals surface area (Å²) in [6.45, 7) is 0. The molecule has 0 fully saturated rings. The molecular weight excluding hydrogens is 460 g/mol. The van der Waals surface area contributed by atoms with Crippen LogP contribution in [0.15, 0.2) is 132 Å². The largest absolute Gasteiger partial charge is 0.457 e. The van der Waals surface area contributed by atoms with Crippen molar-refractivity contribution in [2.75, 3.05) is 0 Å². The first kappa shape index (κ1) is 20.3. The van der Waals surface area contributed by atoms with Crippen molar-refractivity contribution < 1.29 is 4.74 Å². The molecule has 0 saturated carbocycles. The average molecular weight is 481 g/mol. The Morgan fingerprint density at radius 1 is 0.625 bits per heavy atom. The number of benzene rings is 4. The minimum absolute atomic E-state index is 0.560. The van der Waals surface area contributed by atoms with E-state index < -0.39 is 5.54 Å². The summed E-state index contributed by atoms with van der Waals surface area (Å²) >= 11 is 3.46. The van der Waals surface area contributed by atoms with E-state index in [-0.39, 0.29) is 0 Å². The standard InChI is InChI=1S/C28H21BrN2O/c29-25-13-17-27(18-14-25)32-26-15-11-24(12-16-26)28(31-20-19-30-21-31,22-7-3-1-4-8-22)23-9-5-2-6-10-23/h1-21H. The normalized spacial score (nSPS) is 11.3. The Labute approximate surface area is 196 Å². The van der Waals surface area contributed by atoms with E-state index in [0.717, 1.165) is 32.7 Å². The van der Waals surface area contributed by atoms with Gasteiger partial charge < -0.3 is 9.30 Å². The van der Waals surface area contributed by atoms with Gasteiger partial charge in [-0.1, -0.05) is 88.7 Å². The van der Waals surface area contributed by atoms with Crippen LogP contribution in [-0.2, 0) is 5.54 Å². The van der Waals surface area contributed by atoms with Crippen molar-refractivity contribution in [3.63, 3.8) is 0 Å². The smallest absolute Gasteiger partial charge is 0.127 e. The van der Waals surface area contributed by atoms with Crippen molar-refractivity contribution in [3.05, 3.63) is 149 Å². The number of halogens is 1. The van der Waals surface area contributed by atoms with Crippen molar-refractivity contribution >= 4 is 15.9 Å². The molecule has 32 heavy (non-hydrogen) atoms. The van der Waals surface area contributed by atoms with Gasteiger partial charge in [0.1, 0.15) is 17.0 Å². The lowest BCUT2D eigenvalue weighted by Gasteiger charge is -2.37. The number of nitrogens with zero attached hydrogens (tertiary/aromatic N) is 2. The van der Waals surface area contributed by atoms with Gasteiger partial charge in [-0.3, -0.25) is 0 Å². The molecule has 1 heterocycles. The van der Waals surface area contributed by atoms with Gasteiger partial charge >= 0.3 is 0 Å². The van der Waals surface area contributed by atoms with Crippen LogP contribution in [0.2, 0.25) is 0 Å². The molecular formula is C28H21BrN2O. The lowest BCUT2D eigenvalue weighted by Crippen LogP contribution is -2.36. The molecule has 5 aromatic rings. The van der Waals surface area contributed by atoms with E-state index in [1.54, 1.807) is 0 Å². The third kappa shape index (κ3) is 3.74. The zero-order valence-electron chi connectivity index (χ0n) is 17.3. The van der Waals surface area contributed by atoms with E-state index in [4.69, 9.17) is 4.74 Å². The fourth-order valence-corrected chi connectivity index (χ4v) is 4.43. The number of rotatable bonds is 6. The fraction of sp³-hybridized carbons (Fsp3) is 0.0357. The summed E-state index contributed by atoms with van der Waals surface area (Å²) in [5.41, 5.74) is 2.88. The highest BCUT2D eigenvalue weighted by Crippen LogP contribution is 2.41. The van der Waals surface area contributed by atoms with E-state index in [0.29, 0.717) is 0 Å². The Kier molecular flexibility index (Phi) is 5.61. The summed E-state index contributed by atoms with van der Waals surface area (Å²) < 4.78 is 9.26. The van der Waals surface area contributed by atoms with Gasteiger partial charge in [-0.2, -0.15) is 0 Å². The molecule has 156 valence electrons. The maximum Gasteiger partial charge on any atom is 0.127 e. The highest BCUT2D eigenvalue weighted by atomic mass is 79.9. The Morgan fingerprint density at radius 3 is 1.62 bits per heavy atom. The first-order valence-corrected chi connectivity index (χ1v) is 11.2. The van der Waals surface area contributed by atoms with Crippen LogP contribution in [-0.4, -0.2) is 9.55 Å². The molecule has 0 aliphatic heterocycles.